The van der Waals surface area contributed by atoms with Gasteiger partial charge in [-0.3, -0.25) is 0 Å². The Morgan fingerprint density at radius 3 is 2.50 bits per heavy atom. The summed E-state index contributed by atoms with van der Waals surface area (Å²) in [6.45, 7) is 12.4. The molecule has 3 heteroatoms. The molecule has 2 N–H and O–H groups in total. The summed E-state index contributed by atoms with van der Waals surface area (Å²) in [4.78, 5) is 2.62. The molecule has 0 radical (unpaired) electrons. The highest BCUT2D eigenvalue weighted by atomic mass is 16.3. The normalized spacial score (nSPS) is 39.9. The molecule has 0 aromatic rings. The van der Waals surface area contributed by atoms with E-state index in [0.29, 0.717) is 11.3 Å². The molecule has 2 rings (SSSR count). The molecule has 0 spiro atoms. The average Bonchev–Trinajstić information content (AvgIpc) is 2.44. The second-order valence-corrected chi connectivity index (χ2v) is 7.53. The molecular weight excluding hydrogens is 248 g/mol. The quantitative estimate of drug-likeness (QED) is 0.813. The Morgan fingerprint density at radius 2 is 1.90 bits per heavy atom. The monoisotopic (exact) mass is 282 g/mol. The molecule has 0 amide bonds. The van der Waals surface area contributed by atoms with Crippen molar-refractivity contribution in [3.8, 4) is 0 Å². The van der Waals surface area contributed by atoms with Crippen molar-refractivity contribution in [2.75, 3.05) is 32.7 Å². The van der Waals surface area contributed by atoms with Crippen LogP contribution in [-0.4, -0.2) is 48.8 Å². The zero-order chi connectivity index (χ0) is 14.6. The Morgan fingerprint density at radius 1 is 1.20 bits per heavy atom. The average molecular weight is 282 g/mol. The minimum atomic E-state index is -0.0812. The number of aliphatic hydroxyl groups excluding tert-OH is 1. The van der Waals surface area contributed by atoms with Gasteiger partial charge >= 0.3 is 0 Å². The third-order valence-corrected chi connectivity index (χ3v) is 5.59. The summed E-state index contributed by atoms with van der Waals surface area (Å²) in [5.74, 6) is 1.34. The van der Waals surface area contributed by atoms with Crippen molar-refractivity contribution < 1.29 is 5.11 Å². The zero-order valence-corrected chi connectivity index (χ0v) is 13.7. The second-order valence-electron chi connectivity index (χ2n) is 7.53. The Bertz CT molecular complexity index is 281. The molecule has 20 heavy (non-hydrogen) atoms. The fourth-order valence-corrected chi connectivity index (χ4v) is 3.99. The van der Waals surface area contributed by atoms with Crippen LogP contribution in [0.25, 0.3) is 0 Å². The molecule has 0 aromatic heterocycles. The first-order chi connectivity index (χ1) is 9.54. The van der Waals surface area contributed by atoms with Gasteiger partial charge in [0.05, 0.1) is 6.10 Å². The van der Waals surface area contributed by atoms with E-state index < -0.39 is 0 Å². The number of hydrogen-bond acceptors (Lipinski definition) is 3. The molecule has 1 aliphatic carbocycles. The van der Waals surface area contributed by atoms with Crippen molar-refractivity contribution in [3.63, 3.8) is 0 Å². The predicted octanol–water partition coefficient (Wildman–Crippen LogP) is 2.50. The lowest BCUT2D eigenvalue weighted by atomic mass is 9.70. The van der Waals surface area contributed by atoms with Crippen LogP contribution < -0.4 is 5.32 Å². The summed E-state index contributed by atoms with van der Waals surface area (Å²) < 4.78 is 0. The summed E-state index contributed by atoms with van der Waals surface area (Å²) in [7, 11) is 0. The molecule has 2 unspecified atom stereocenters. The van der Waals surface area contributed by atoms with Crippen LogP contribution in [0.1, 0.15) is 52.9 Å². The van der Waals surface area contributed by atoms with Gasteiger partial charge in [0.2, 0.25) is 0 Å². The van der Waals surface area contributed by atoms with Crippen LogP contribution in [0.4, 0.5) is 0 Å². The van der Waals surface area contributed by atoms with Gasteiger partial charge in [-0.1, -0.05) is 33.6 Å². The molecule has 2 aliphatic rings. The van der Waals surface area contributed by atoms with Gasteiger partial charge in [0.25, 0.3) is 0 Å². The molecule has 0 bridgehead atoms. The summed E-state index contributed by atoms with van der Waals surface area (Å²) >= 11 is 0. The number of rotatable bonds is 5. The van der Waals surface area contributed by atoms with Crippen LogP contribution in [0.15, 0.2) is 0 Å². The first-order valence-corrected chi connectivity index (χ1v) is 8.66. The van der Waals surface area contributed by atoms with Crippen molar-refractivity contribution in [2.45, 2.75) is 59.0 Å². The van der Waals surface area contributed by atoms with Gasteiger partial charge in [0.1, 0.15) is 0 Å². The standard InChI is InChI=1S/C17H34N2O/c1-4-18-12-17(8-5-14(2)6-9-17)13-19-10-7-16(20)15(3)11-19/h14-16,18,20H,4-13H2,1-3H3. The summed E-state index contributed by atoms with van der Waals surface area (Å²) in [5.41, 5.74) is 0.477. The molecule has 1 saturated carbocycles. The van der Waals surface area contributed by atoms with Crippen LogP contribution in [0, 0.1) is 17.3 Å². The summed E-state index contributed by atoms with van der Waals surface area (Å²) in [5, 5.41) is 13.5. The number of nitrogens with zero attached hydrogens (tertiary/aromatic N) is 1. The summed E-state index contributed by atoms with van der Waals surface area (Å²) in [6.07, 6.45) is 6.38. The lowest BCUT2D eigenvalue weighted by molar-refractivity contribution is 0.00543. The third-order valence-electron chi connectivity index (χ3n) is 5.59. The second kappa shape index (κ2) is 7.24. The Balaban J connectivity index is 1.93. The molecule has 1 saturated heterocycles. The van der Waals surface area contributed by atoms with E-state index in [0.717, 1.165) is 32.0 Å². The maximum atomic E-state index is 9.90. The molecular formula is C17H34N2O. The smallest absolute Gasteiger partial charge is 0.0590 e. The van der Waals surface area contributed by atoms with Crippen LogP contribution in [0.5, 0.6) is 0 Å². The number of hydrogen-bond donors (Lipinski definition) is 2. The molecule has 0 aromatic carbocycles. The fraction of sp³-hybridized carbons (Fsp3) is 1.00. The Kier molecular flexibility index (Phi) is 5.88. The van der Waals surface area contributed by atoms with Gasteiger partial charge in [-0.15, -0.1) is 0 Å². The lowest BCUT2D eigenvalue weighted by Crippen LogP contribution is -2.50. The van der Waals surface area contributed by atoms with Gasteiger partial charge in [-0.05, 0) is 43.1 Å². The van der Waals surface area contributed by atoms with Crippen LogP contribution in [0.3, 0.4) is 0 Å². The molecule has 3 nitrogen and oxygen atoms in total. The van der Waals surface area contributed by atoms with Crippen molar-refractivity contribution in [1.29, 1.82) is 0 Å². The number of piperidine rings is 1. The van der Waals surface area contributed by atoms with E-state index >= 15 is 0 Å². The van der Waals surface area contributed by atoms with E-state index in [-0.39, 0.29) is 6.10 Å². The highest BCUT2D eigenvalue weighted by molar-refractivity contribution is 4.91. The van der Waals surface area contributed by atoms with E-state index in [9.17, 15) is 5.11 Å². The minimum absolute atomic E-state index is 0.0812. The predicted molar refractivity (Wildman–Crippen MR) is 84.8 cm³/mol. The Labute approximate surface area is 125 Å². The molecule has 2 atom stereocenters. The number of likely N-dealkylation sites (tertiary alicyclic amines) is 1. The number of aliphatic hydroxyl groups is 1. The van der Waals surface area contributed by atoms with E-state index in [1.165, 1.54) is 38.8 Å². The van der Waals surface area contributed by atoms with Gasteiger partial charge in [0.15, 0.2) is 0 Å². The topological polar surface area (TPSA) is 35.5 Å². The highest BCUT2D eigenvalue weighted by Gasteiger charge is 2.37. The SMILES string of the molecule is CCNCC1(CN2CCC(O)C(C)C2)CCC(C)CC1. The summed E-state index contributed by atoms with van der Waals surface area (Å²) in [6, 6.07) is 0. The largest absolute Gasteiger partial charge is 0.393 e. The fourth-order valence-electron chi connectivity index (χ4n) is 3.99. The van der Waals surface area contributed by atoms with Crippen molar-refractivity contribution in [1.82, 2.24) is 10.2 Å². The zero-order valence-electron chi connectivity index (χ0n) is 13.7. The molecule has 1 heterocycles. The molecule has 2 fully saturated rings. The van der Waals surface area contributed by atoms with E-state index in [4.69, 9.17) is 0 Å². The van der Waals surface area contributed by atoms with Crippen molar-refractivity contribution >= 4 is 0 Å². The van der Waals surface area contributed by atoms with Gasteiger partial charge < -0.3 is 15.3 Å². The van der Waals surface area contributed by atoms with Gasteiger partial charge in [-0.25, -0.2) is 0 Å². The number of nitrogens with one attached hydrogen (secondary N) is 1. The molecule has 118 valence electrons. The first-order valence-electron chi connectivity index (χ1n) is 8.66. The van der Waals surface area contributed by atoms with Crippen LogP contribution in [0.2, 0.25) is 0 Å². The highest BCUT2D eigenvalue weighted by Crippen LogP contribution is 2.39. The van der Waals surface area contributed by atoms with Gasteiger partial charge in [-0.2, -0.15) is 0 Å². The van der Waals surface area contributed by atoms with Crippen molar-refractivity contribution in [2.24, 2.45) is 17.3 Å². The van der Waals surface area contributed by atoms with E-state index in [2.05, 4.69) is 31.0 Å². The van der Waals surface area contributed by atoms with Gasteiger partial charge in [0, 0.05) is 26.2 Å². The lowest BCUT2D eigenvalue weighted by Gasteiger charge is -2.45. The maximum absolute atomic E-state index is 9.90. The maximum Gasteiger partial charge on any atom is 0.0590 e. The Hall–Kier alpha value is -0.120. The van der Waals surface area contributed by atoms with E-state index in [1.807, 2.05) is 0 Å². The van der Waals surface area contributed by atoms with Crippen LogP contribution >= 0.6 is 0 Å². The third kappa shape index (κ3) is 4.19. The molecule has 1 aliphatic heterocycles. The van der Waals surface area contributed by atoms with E-state index in [1.54, 1.807) is 0 Å². The van der Waals surface area contributed by atoms with Crippen molar-refractivity contribution in [3.05, 3.63) is 0 Å². The minimum Gasteiger partial charge on any atom is -0.393 e. The first kappa shape index (κ1) is 16.3. The van der Waals surface area contributed by atoms with Crippen LogP contribution in [-0.2, 0) is 0 Å².